The highest BCUT2D eigenvalue weighted by Crippen LogP contribution is 2.09. The van der Waals surface area contributed by atoms with Gasteiger partial charge in [0.1, 0.15) is 11.9 Å². The van der Waals surface area contributed by atoms with Crippen LogP contribution in [0.2, 0.25) is 0 Å². The first-order chi connectivity index (χ1) is 11.3. The molecule has 24 heavy (non-hydrogen) atoms. The van der Waals surface area contributed by atoms with Gasteiger partial charge in [-0.3, -0.25) is 4.79 Å². The molecule has 134 valence electrons. The van der Waals surface area contributed by atoms with Gasteiger partial charge in [0, 0.05) is 13.0 Å². The Labute approximate surface area is 140 Å². The molecule has 0 unspecified atom stereocenters. The third kappa shape index (κ3) is 6.63. The fourth-order valence-electron chi connectivity index (χ4n) is 1.93. The molecule has 0 radical (unpaired) electrons. The molecule has 0 saturated carbocycles. The molecule has 0 heterocycles. The van der Waals surface area contributed by atoms with Gasteiger partial charge in [-0.1, -0.05) is 19.8 Å². The predicted octanol–water partition coefficient (Wildman–Crippen LogP) is 1.25. The van der Waals surface area contributed by atoms with Crippen LogP contribution in [0.25, 0.3) is 0 Å². The minimum absolute atomic E-state index is 0.115. The lowest BCUT2D eigenvalue weighted by atomic mass is 10.1. The van der Waals surface area contributed by atoms with Gasteiger partial charge in [0.25, 0.3) is 0 Å². The number of unbranched alkanes of at least 4 members (excludes halogenated alkanes) is 1. The van der Waals surface area contributed by atoms with Crippen molar-refractivity contribution >= 4 is 21.9 Å². The van der Waals surface area contributed by atoms with Crippen molar-refractivity contribution in [2.45, 2.75) is 43.5 Å². The van der Waals surface area contributed by atoms with Crippen LogP contribution in [0.3, 0.4) is 0 Å². The van der Waals surface area contributed by atoms with Crippen molar-refractivity contribution in [3.63, 3.8) is 0 Å². The van der Waals surface area contributed by atoms with Crippen molar-refractivity contribution in [2.24, 2.45) is 0 Å². The van der Waals surface area contributed by atoms with E-state index in [1.165, 1.54) is 0 Å². The Balaban J connectivity index is 2.49. The smallest absolute Gasteiger partial charge is 0.326 e. The van der Waals surface area contributed by atoms with Gasteiger partial charge in [-0.05, 0) is 30.7 Å². The van der Waals surface area contributed by atoms with Crippen LogP contribution in [0.5, 0.6) is 0 Å². The number of benzene rings is 1. The normalized spacial score (nSPS) is 12.6. The first-order valence-electron chi connectivity index (χ1n) is 7.53. The summed E-state index contributed by atoms with van der Waals surface area (Å²) in [6.07, 6.45) is 1.58. The van der Waals surface area contributed by atoms with E-state index < -0.39 is 33.8 Å². The van der Waals surface area contributed by atoms with Gasteiger partial charge in [-0.15, -0.1) is 0 Å². The molecule has 0 bridgehead atoms. The Bertz CT molecular complexity index is 661. The Hall–Kier alpha value is -2.00. The van der Waals surface area contributed by atoms with Crippen LogP contribution in [0.15, 0.2) is 29.2 Å². The molecule has 0 fully saturated rings. The second-order valence-electron chi connectivity index (χ2n) is 5.20. The van der Waals surface area contributed by atoms with E-state index in [1.807, 2.05) is 6.92 Å². The number of carboxylic acids is 1. The summed E-state index contributed by atoms with van der Waals surface area (Å²) in [7, 11) is -3.84. The molecule has 1 rings (SSSR count). The highest BCUT2D eigenvalue weighted by atomic mass is 32.2. The molecule has 3 N–H and O–H groups in total. The summed E-state index contributed by atoms with van der Waals surface area (Å²) in [5.74, 6) is -2.23. The zero-order chi connectivity index (χ0) is 18.2. The first-order valence-corrected chi connectivity index (χ1v) is 9.02. The van der Waals surface area contributed by atoms with Crippen LogP contribution in [0.4, 0.5) is 4.39 Å². The number of rotatable bonds is 10. The van der Waals surface area contributed by atoms with Crippen LogP contribution in [0, 0.1) is 5.82 Å². The molecule has 0 aromatic heterocycles. The quantitative estimate of drug-likeness (QED) is 0.581. The third-order valence-electron chi connectivity index (χ3n) is 3.25. The zero-order valence-corrected chi connectivity index (χ0v) is 14.1. The van der Waals surface area contributed by atoms with Crippen molar-refractivity contribution in [2.75, 3.05) is 6.54 Å². The van der Waals surface area contributed by atoms with E-state index in [0.29, 0.717) is 12.8 Å². The van der Waals surface area contributed by atoms with Crippen LogP contribution < -0.4 is 10.0 Å². The highest BCUT2D eigenvalue weighted by molar-refractivity contribution is 7.89. The van der Waals surface area contributed by atoms with E-state index in [-0.39, 0.29) is 17.9 Å². The lowest BCUT2D eigenvalue weighted by Gasteiger charge is -2.14. The molecular weight excluding hydrogens is 339 g/mol. The topological polar surface area (TPSA) is 113 Å². The standard InChI is InChI=1S/C15H21FN2O5S/c1-2-3-4-13(15(20)21)18-14(19)9-10-17-24(22,23)12-7-5-11(16)6-8-12/h5-8,13,17H,2-4,9-10H2,1H3,(H,18,19)(H,20,21)/t13-/m0/s1. The Kier molecular flexibility index (Phi) is 7.80. The van der Waals surface area contributed by atoms with Gasteiger partial charge in [0.15, 0.2) is 0 Å². The van der Waals surface area contributed by atoms with Gasteiger partial charge in [0.2, 0.25) is 15.9 Å². The molecule has 0 saturated heterocycles. The lowest BCUT2D eigenvalue weighted by molar-refractivity contribution is -0.142. The molecule has 0 aliphatic heterocycles. The monoisotopic (exact) mass is 360 g/mol. The molecule has 1 aromatic rings. The summed E-state index contributed by atoms with van der Waals surface area (Å²) in [6.45, 7) is 1.72. The molecule has 0 aliphatic rings. The minimum Gasteiger partial charge on any atom is -0.480 e. The van der Waals surface area contributed by atoms with Gasteiger partial charge < -0.3 is 10.4 Å². The van der Waals surface area contributed by atoms with E-state index in [2.05, 4.69) is 10.0 Å². The Morgan fingerprint density at radius 3 is 2.42 bits per heavy atom. The number of hydrogen-bond acceptors (Lipinski definition) is 4. The predicted molar refractivity (Wildman–Crippen MR) is 85.3 cm³/mol. The number of halogens is 1. The minimum atomic E-state index is -3.84. The number of aliphatic carboxylic acids is 1. The molecular formula is C15H21FN2O5S. The van der Waals surface area contributed by atoms with Gasteiger partial charge >= 0.3 is 5.97 Å². The molecule has 7 nitrogen and oxygen atoms in total. The van der Waals surface area contributed by atoms with E-state index >= 15 is 0 Å². The Morgan fingerprint density at radius 1 is 1.25 bits per heavy atom. The van der Waals surface area contributed by atoms with Crippen molar-refractivity contribution in [1.29, 1.82) is 0 Å². The largest absolute Gasteiger partial charge is 0.480 e. The summed E-state index contributed by atoms with van der Waals surface area (Å²) in [5, 5.41) is 11.4. The highest BCUT2D eigenvalue weighted by Gasteiger charge is 2.19. The third-order valence-corrected chi connectivity index (χ3v) is 4.72. The molecule has 0 aliphatic carbocycles. The Morgan fingerprint density at radius 2 is 1.88 bits per heavy atom. The van der Waals surface area contributed by atoms with Crippen molar-refractivity contribution < 1.29 is 27.5 Å². The maximum absolute atomic E-state index is 12.8. The summed E-state index contributed by atoms with van der Waals surface area (Å²) >= 11 is 0. The average Bonchev–Trinajstić information content (AvgIpc) is 2.51. The van der Waals surface area contributed by atoms with Crippen LogP contribution in [-0.2, 0) is 19.6 Å². The van der Waals surface area contributed by atoms with Gasteiger partial charge in [0.05, 0.1) is 4.90 Å². The van der Waals surface area contributed by atoms with Crippen molar-refractivity contribution in [3.8, 4) is 0 Å². The number of hydrogen-bond donors (Lipinski definition) is 3. The van der Waals surface area contributed by atoms with Gasteiger partial charge in [-0.25, -0.2) is 22.3 Å². The fraction of sp³-hybridized carbons (Fsp3) is 0.467. The number of carboxylic acid groups (broad SMARTS) is 1. The summed E-state index contributed by atoms with van der Waals surface area (Å²) < 4.78 is 38.9. The number of amides is 1. The second-order valence-corrected chi connectivity index (χ2v) is 6.97. The van der Waals surface area contributed by atoms with Crippen LogP contribution >= 0.6 is 0 Å². The molecule has 1 atom stereocenters. The maximum Gasteiger partial charge on any atom is 0.326 e. The average molecular weight is 360 g/mol. The van der Waals surface area contributed by atoms with E-state index in [4.69, 9.17) is 5.11 Å². The SMILES string of the molecule is CCCC[C@H](NC(=O)CCNS(=O)(=O)c1ccc(F)cc1)C(=O)O. The van der Waals surface area contributed by atoms with Crippen molar-refractivity contribution in [1.82, 2.24) is 10.0 Å². The number of carbonyl (C=O) groups is 2. The van der Waals surface area contributed by atoms with E-state index in [1.54, 1.807) is 0 Å². The van der Waals surface area contributed by atoms with E-state index in [0.717, 1.165) is 30.7 Å². The molecule has 0 spiro atoms. The molecule has 1 amide bonds. The van der Waals surface area contributed by atoms with Gasteiger partial charge in [-0.2, -0.15) is 0 Å². The second kappa shape index (κ2) is 9.33. The lowest BCUT2D eigenvalue weighted by Crippen LogP contribution is -2.41. The number of carbonyl (C=O) groups excluding carboxylic acids is 1. The number of sulfonamides is 1. The maximum atomic E-state index is 12.8. The van der Waals surface area contributed by atoms with Crippen LogP contribution in [0.1, 0.15) is 32.6 Å². The summed E-state index contributed by atoms with van der Waals surface area (Å²) in [5.41, 5.74) is 0. The molecule has 1 aromatic carbocycles. The fourth-order valence-corrected chi connectivity index (χ4v) is 2.96. The molecule has 9 heteroatoms. The number of nitrogens with one attached hydrogen (secondary N) is 2. The zero-order valence-electron chi connectivity index (χ0n) is 13.3. The van der Waals surface area contributed by atoms with Crippen molar-refractivity contribution in [3.05, 3.63) is 30.1 Å². The summed E-state index contributed by atoms with van der Waals surface area (Å²) in [6, 6.07) is 3.29. The van der Waals surface area contributed by atoms with Crippen LogP contribution in [-0.4, -0.2) is 38.0 Å². The summed E-state index contributed by atoms with van der Waals surface area (Å²) in [4.78, 5) is 22.6. The van der Waals surface area contributed by atoms with E-state index in [9.17, 15) is 22.4 Å². The first kappa shape index (κ1) is 20.0.